The Morgan fingerprint density at radius 3 is 2.50 bits per heavy atom. The molecule has 0 bridgehead atoms. The lowest BCUT2D eigenvalue weighted by molar-refractivity contribution is -0.122. The molecule has 1 amide bonds. The number of thioether (sulfide) groups is 1. The van der Waals surface area contributed by atoms with E-state index < -0.39 is 0 Å². The summed E-state index contributed by atoms with van der Waals surface area (Å²) in [6.07, 6.45) is 6.00. The molecular formula is C22H28N4O2S2. The summed E-state index contributed by atoms with van der Waals surface area (Å²) in [5.74, 6) is 1.17. The van der Waals surface area contributed by atoms with Gasteiger partial charge in [-0.05, 0) is 50.2 Å². The van der Waals surface area contributed by atoms with Gasteiger partial charge >= 0.3 is 0 Å². The third-order valence-corrected chi connectivity index (χ3v) is 7.08. The lowest BCUT2D eigenvalue weighted by Crippen LogP contribution is -2.36. The van der Waals surface area contributed by atoms with Gasteiger partial charge in [-0.15, -0.1) is 0 Å². The summed E-state index contributed by atoms with van der Waals surface area (Å²) in [6.45, 7) is 8.35. The molecule has 30 heavy (non-hydrogen) atoms. The summed E-state index contributed by atoms with van der Waals surface area (Å²) in [5.41, 5.74) is 1.21. The average molecular weight is 445 g/mol. The molecule has 160 valence electrons. The summed E-state index contributed by atoms with van der Waals surface area (Å²) < 4.78 is 2.12. The molecule has 8 heteroatoms. The monoisotopic (exact) mass is 444 g/mol. The molecule has 0 atom stereocenters. The van der Waals surface area contributed by atoms with Crippen LogP contribution in [0.4, 0.5) is 5.82 Å². The smallest absolute Gasteiger partial charge is 0.270 e. The molecule has 0 aromatic carbocycles. The number of piperidine rings is 1. The highest BCUT2D eigenvalue weighted by atomic mass is 32.2. The van der Waals surface area contributed by atoms with E-state index in [0.29, 0.717) is 27.3 Å². The quantitative estimate of drug-likeness (QED) is 0.508. The van der Waals surface area contributed by atoms with Gasteiger partial charge < -0.3 is 4.90 Å². The second-order valence-corrected chi connectivity index (χ2v) is 9.95. The molecule has 0 N–H and O–H groups in total. The number of carbonyl (C=O) groups is 1. The van der Waals surface area contributed by atoms with Crippen LogP contribution in [0.15, 0.2) is 9.70 Å². The Balaban J connectivity index is 2.10. The third-order valence-electron chi connectivity index (χ3n) is 5.70. The Bertz CT molecular complexity index is 998. The first-order valence-electron chi connectivity index (χ1n) is 10.4. The van der Waals surface area contributed by atoms with Crippen LogP contribution in [0.3, 0.4) is 0 Å². The van der Waals surface area contributed by atoms with Gasteiger partial charge in [-0.1, -0.05) is 37.8 Å². The van der Waals surface area contributed by atoms with Crippen molar-refractivity contribution >= 4 is 46.1 Å². The Kier molecular flexibility index (Phi) is 7.04. The van der Waals surface area contributed by atoms with Crippen molar-refractivity contribution in [2.75, 3.05) is 24.5 Å². The Hall–Kier alpha value is -2.11. The molecule has 0 aliphatic carbocycles. The zero-order valence-electron chi connectivity index (χ0n) is 18.0. The second-order valence-electron chi connectivity index (χ2n) is 8.28. The van der Waals surface area contributed by atoms with Gasteiger partial charge in [0, 0.05) is 32.2 Å². The molecule has 3 heterocycles. The van der Waals surface area contributed by atoms with Gasteiger partial charge in [0.05, 0.1) is 4.91 Å². The number of rotatable bonds is 5. The van der Waals surface area contributed by atoms with Gasteiger partial charge in [-0.2, -0.15) is 5.26 Å². The van der Waals surface area contributed by atoms with E-state index in [0.717, 1.165) is 43.7 Å². The largest absolute Gasteiger partial charge is 0.357 e. The minimum Gasteiger partial charge on any atom is -0.357 e. The molecule has 1 aromatic heterocycles. The van der Waals surface area contributed by atoms with Crippen LogP contribution in [-0.2, 0) is 11.8 Å². The van der Waals surface area contributed by atoms with Crippen LogP contribution in [0.1, 0.15) is 56.2 Å². The Labute approximate surface area is 187 Å². The number of aromatic nitrogens is 1. The van der Waals surface area contributed by atoms with Crippen molar-refractivity contribution in [2.24, 2.45) is 13.0 Å². The van der Waals surface area contributed by atoms with Crippen LogP contribution >= 0.6 is 24.0 Å². The molecule has 2 aliphatic heterocycles. The topological polar surface area (TPSA) is 69.3 Å². The fraction of sp³-hybridized carbons (Fsp3) is 0.545. The number of pyridine rings is 1. The number of carbonyl (C=O) groups excluding carboxylic acids is 1. The summed E-state index contributed by atoms with van der Waals surface area (Å²) in [4.78, 5) is 30.2. The standard InChI is InChI=1S/C22H28N4O2S2/c1-14(2)8-11-26-21(28)18(30-22(26)29)12-16-15(3)17(13-23)20(27)24(4)19(16)25-9-6-5-7-10-25/h12,14H,5-11H2,1-4H3/b18-12-. The van der Waals surface area contributed by atoms with Crippen LogP contribution in [0.2, 0.25) is 0 Å². The van der Waals surface area contributed by atoms with Crippen molar-refractivity contribution in [1.29, 1.82) is 5.26 Å². The van der Waals surface area contributed by atoms with E-state index >= 15 is 0 Å². The summed E-state index contributed by atoms with van der Waals surface area (Å²) >= 11 is 6.75. The first-order valence-corrected chi connectivity index (χ1v) is 11.6. The predicted molar refractivity (Wildman–Crippen MR) is 127 cm³/mol. The van der Waals surface area contributed by atoms with Crippen molar-refractivity contribution in [3.8, 4) is 6.07 Å². The second kappa shape index (κ2) is 9.36. The molecule has 6 nitrogen and oxygen atoms in total. The van der Waals surface area contributed by atoms with Gasteiger partial charge in [0.2, 0.25) is 0 Å². The Morgan fingerprint density at radius 1 is 1.23 bits per heavy atom. The number of thiocarbonyl (C=S) groups is 1. The number of nitriles is 1. The van der Waals surface area contributed by atoms with Crippen LogP contribution in [0, 0.1) is 24.2 Å². The number of hydrogen-bond acceptors (Lipinski definition) is 6. The zero-order chi connectivity index (χ0) is 22.0. The molecule has 0 spiro atoms. The normalized spacial score (nSPS) is 18.6. The van der Waals surface area contributed by atoms with E-state index in [4.69, 9.17) is 12.2 Å². The Morgan fingerprint density at radius 2 is 1.90 bits per heavy atom. The van der Waals surface area contributed by atoms with Crippen molar-refractivity contribution in [3.05, 3.63) is 31.9 Å². The number of amides is 1. The minimum atomic E-state index is -0.294. The lowest BCUT2D eigenvalue weighted by atomic mass is 10.0. The van der Waals surface area contributed by atoms with Crippen molar-refractivity contribution in [1.82, 2.24) is 9.47 Å². The summed E-state index contributed by atoms with van der Waals surface area (Å²) in [5, 5.41) is 9.57. The van der Waals surface area contributed by atoms with Crippen molar-refractivity contribution < 1.29 is 4.79 Å². The van der Waals surface area contributed by atoms with Gasteiger partial charge in [0.1, 0.15) is 21.8 Å². The van der Waals surface area contributed by atoms with Crippen molar-refractivity contribution in [2.45, 2.75) is 46.5 Å². The van der Waals surface area contributed by atoms with Crippen LogP contribution in [0.5, 0.6) is 0 Å². The maximum atomic E-state index is 13.0. The zero-order valence-corrected chi connectivity index (χ0v) is 19.7. The predicted octanol–water partition coefficient (Wildman–Crippen LogP) is 3.80. The SMILES string of the molecule is Cc1c(/C=C2\SC(=S)N(CCC(C)C)C2=O)c(N2CCCCC2)n(C)c(=O)c1C#N. The molecule has 3 rings (SSSR count). The van der Waals surface area contributed by atoms with Crippen molar-refractivity contribution in [3.63, 3.8) is 0 Å². The maximum Gasteiger partial charge on any atom is 0.270 e. The molecule has 0 saturated carbocycles. The lowest BCUT2D eigenvalue weighted by Gasteiger charge is -2.32. The van der Waals surface area contributed by atoms with Crippen LogP contribution in [-0.4, -0.2) is 39.3 Å². The third kappa shape index (κ3) is 4.33. The van der Waals surface area contributed by atoms with Gasteiger partial charge in [-0.3, -0.25) is 19.1 Å². The number of anilines is 1. The van der Waals surface area contributed by atoms with Crippen LogP contribution in [0.25, 0.3) is 6.08 Å². The van der Waals surface area contributed by atoms with Crippen LogP contribution < -0.4 is 10.5 Å². The summed E-state index contributed by atoms with van der Waals surface area (Å²) in [7, 11) is 1.71. The molecule has 2 fully saturated rings. The summed E-state index contributed by atoms with van der Waals surface area (Å²) in [6, 6.07) is 2.05. The first-order chi connectivity index (χ1) is 14.3. The molecule has 2 saturated heterocycles. The average Bonchev–Trinajstić information content (AvgIpc) is 2.98. The highest BCUT2D eigenvalue weighted by Gasteiger charge is 2.33. The van der Waals surface area contributed by atoms with E-state index in [2.05, 4.69) is 24.8 Å². The maximum absolute atomic E-state index is 13.0. The first kappa shape index (κ1) is 22.6. The van der Waals surface area contributed by atoms with Gasteiger partial charge in [0.25, 0.3) is 11.5 Å². The van der Waals surface area contributed by atoms with E-state index in [9.17, 15) is 14.9 Å². The minimum absolute atomic E-state index is 0.0954. The molecule has 0 radical (unpaired) electrons. The molecule has 1 aromatic rings. The highest BCUT2D eigenvalue weighted by Crippen LogP contribution is 2.36. The van der Waals surface area contributed by atoms with E-state index in [1.54, 1.807) is 23.4 Å². The molecular weight excluding hydrogens is 416 g/mol. The molecule has 2 aliphatic rings. The van der Waals surface area contributed by atoms with E-state index in [-0.39, 0.29) is 17.0 Å². The fourth-order valence-corrected chi connectivity index (χ4v) is 5.20. The van der Waals surface area contributed by atoms with Gasteiger partial charge in [0.15, 0.2) is 0 Å². The molecule has 0 unspecified atom stereocenters. The number of nitrogens with zero attached hydrogens (tertiary/aromatic N) is 4. The fourth-order valence-electron chi connectivity index (χ4n) is 3.91. The van der Waals surface area contributed by atoms with Gasteiger partial charge in [-0.25, -0.2) is 0 Å². The number of hydrogen-bond donors (Lipinski definition) is 0. The highest BCUT2D eigenvalue weighted by molar-refractivity contribution is 8.26. The van der Waals surface area contributed by atoms with E-state index in [1.807, 2.05) is 6.08 Å². The van der Waals surface area contributed by atoms with E-state index in [1.165, 1.54) is 18.2 Å².